The van der Waals surface area contributed by atoms with Crippen LogP contribution in [-0.2, 0) is 16.0 Å². The van der Waals surface area contributed by atoms with Crippen molar-refractivity contribution in [1.29, 1.82) is 0 Å². The molecule has 46 heavy (non-hydrogen) atoms. The molecule has 0 bridgehead atoms. The summed E-state index contributed by atoms with van der Waals surface area (Å²) in [6.07, 6.45) is 7.23. The van der Waals surface area contributed by atoms with Crippen LogP contribution in [0.15, 0.2) is 48.5 Å². The van der Waals surface area contributed by atoms with E-state index in [0.717, 1.165) is 37.8 Å². The molecule has 11 heteroatoms. The van der Waals surface area contributed by atoms with E-state index >= 15 is 0 Å². The van der Waals surface area contributed by atoms with E-state index in [9.17, 15) is 19.2 Å². The monoisotopic (exact) mass is 650 g/mol. The minimum absolute atomic E-state index is 0.00653. The third kappa shape index (κ3) is 7.97. The second-order valence-corrected chi connectivity index (χ2v) is 13.6. The van der Waals surface area contributed by atoms with Gasteiger partial charge in [0, 0.05) is 44.3 Å². The van der Waals surface area contributed by atoms with Crippen LogP contribution in [0.4, 0.5) is 0 Å². The van der Waals surface area contributed by atoms with Crippen molar-refractivity contribution in [2.75, 3.05) is 53.4 Å². The van der Waals surface area contributed by atoms with Crippen molar-refractivity contribution >= 4 is 35.2 Å². The summed E-state index contributed by atoms with van der Waals surface area (Å²) in [4.78, 5) is 56.5. The van der Waals surface area contributed by atoms with E-state index in [1.165, 1.54) is 11.3 Å². The van der Waals surface area contributed by atoms with Crippen molar-refractivity contribution < 1.29 is 19.2 Å². The van der Waals surface area contributed by atoms with E-state index in [4.69, 9.17) is 11.6 Å². The maximum atomic E-state index is 14.0. The second-order valence-electron chi connectivity index (χ2n) is 13.2. The zero-order valence-corrected chi connectivity index (χ0v) is 27.8. The lowest BCUT2D eigenvalue weighted by Crippen LogP contribution is -2.59. The molecule has 1 unspecified atom stereocenters. The number of amides is 4. The summed E-state index contributed by atoms with van der Waals surface area (Å²) < 4.78 is 0. The van der Waals surface area contributed by atoms with Gasteiger partial charge in [-0.2, -0.15) is 0 Å². The SMILES string of the molecule is CN(C)CCNC(Cc1ccc(Cl)cc1)C(=O)NN1CCC(C(=O)NCCN2C(=O)c3ccccc3C2=O)(C2CCCCC2)CC1. The number of carbonyl (C=O) groups excluding carboxylic acids is 4. The van der Waals surface area contributed by atoms with E-state index in [1.54, 1.807) is 24.3 Å². The van der Waals surface area contributed by atoms with Crippen molar-refractivity contribution in [3.8, 4) is 0 Å². The van der Waals surface area contributed by atoms with Crippen molar-refractivity contribution in [3.05, 3.63) is 70.2 Å². The maximum absolute atomic E-state index is 14.0. The van der Waals surface area contributed by atoms with Gasteiger partial charge in [0.15, 0.2) is 0 Å². The summed E-state index contributed by atoms with van der Waals surface area (Å²) in [7, 11) is 4.01. The first-order chi connectivity index (χ1) is 22.2. The van der Waals surface area contributed by atoms with Gasteiger partial charge in [0.1, 0.15) is 0 Å². The Bertz CT molecular complexity index is 1350. The molecule has 2 aromatic rings. The molecule has 0 radical (unpaired) electrons. The zero-order chi connectivity index (χ0) is 32.7. The highest BCUT2D eigenvalue weighted by Gasteiger charge is 2.48. The van der Waals surface area contributed by atoms with E-state index in [0.29, 0.717) is 55.0 Å². The molecule has 0 aromatic heterocycles. The molecule has 1 aliphatic carbocycles. The molecule has 2 aliphatic heterocycles. The summed E-state index contributed by atoms with van der Waals surface area (Å²) in [6, 6.07) is 14.0. The Morgan fingerprint density at radius 1 is 0.935 bits per heavy atom. The Balaban J connectivity index is 1.19. The van der Waals surface area contributed by atoms with Crippen molar-refractivity contribution in [2.45, 2.75) is 57.4 Å². The summed E-state index contributed by atoms with van der Waals surface area (Å²) in [5.74, 6) is -0.459. The van der Waals surface area contributed by atoms with Crippen LogP contribution >= 0.6 is 11.6 Å². The Hall–Kier alpha value is -3.31. The van der Waals surface area contributed by atoms with Gasteiger partial charge < -0.3 is 15.5 Å². The average Bonchev–Trinajstić information content (AvgIpc) is 3.30. The van der Waals surface area contributed by atoms with Crippen LogP contribution in [-0.4, -0.2) is 97.8 Å². The van der Waals surface area contributed by atoms with Gasteiger partial charge in [-0.1, -0.05) is 55.1 Å². The third-order valence-corrected chi connectivity index (χ3v) is 10.1. The number of halogens is 1. The summed E-state index contributed by atoms with van der Waals surface area (Å²) >= 11 is 6.08. The Morgan fingerprint density at radius 3 is 2.17 bits per heavy atom. The molecular weight excluding hydrogens is 604 g/mol. The van der Waals surface area contributed by atoms with E-state index in [-0.39, 0.29) is 42.6 Å². The quantitative estimate of drug-likeness (QED) is 0.285. The van der Waals surface area contributed by atoms with Crippen LogP contribution in [0.25, 0.3) is 0 Å². The number of imide groups is 1. The first kappa shape index (κ1) is 34.0. The number of piperidine rings is 1. The highest BCUT2D eigenvalue weighted by molar-refractivity contribution is 6.30. The Morgan fingerprint density at radius 2 is 1.57 bits per heavy atom. The normalized spacial score (nSPS) is 19.3. The fourth-order valence-corrected chi connectivity index (χ4v) is 7.33. The molecule has 4 amide bonds. The Kier molecular flexibility index (Phi) is 11.5. The minimum Gasteiger partial charge on any atom is -0.354 e. The highest BCUT2D eigenvalue weighted by atomic mass is 35.5. The number of likely N-dealkylation sites (N-methyl/N-ethyl adjacent to an activating group) is 1. The minimum atomic E-state index is -0.545. The van der Waals surface area contributed by atoms with Gasteiger partial charge in [0.05, 0.1) is 22.6 Å². The van der Waals surface area contributed by atoms with Crippen molar-refractivity contribution in [1.82, 2.24) is 30.9 Å². The fourth-order valence-electron chi connectivity index (χ4n) is 7.20. The Labute approximate surface area is 277 Å². The molecule has 3 N–H and O–H groups in total. The second kappa shape index (κ2) is 15.5. The van der Waals surface area contributed by atoms with Gasteiger partial charge in [-0.15, -0.1) is 0 Å². The topological polar surface area (TPSA) is 114 Å². The van der Waals surface area contributed by atoms with Crippen LogP contribution in [0.2, 0.25) is 5.02 Å². The zero-order valence-electron chi connectivity index (χ0n) is 27.0. The smallest absolute Gasteiger partial charge is 0.261 e. The van der Waals surface area contributed by atoms with E-state index in [1.807, 2.05) is 43.4 Å². The number of benzene rings is 2. The first-order valence-corrected chi connectivity index (χ1v) is 17.0. The molecule has 248 valence electrons. The molecule has 0 spiro atoms. The molecule has 10 nitrogen and oxygen atoms in total. The lowest BCUT2D eigenvalue weighted by atomic mass is 9.63. The van der Waals surface area contributed by atoms with Crippen LogP contribution in [0.5, 0.6) is 0 Å². The van der Waals surface area contributed by atoms with Crippen LogP contribution in [0.3, 0.4) is 0 Å². The van der Waals surface area contributed by atoms with Gasteiger partial charge in [-0.3, -0.25) is 29.5 Å². The number of hydrazine groups is 1. The number of carbonyl (C=O) groups is 4. The highest BCUT2D eigenvalue weighted by Crippen LogP contribution is 2.46. The average molecular weight is 651 g/mol. The molecular formula is C35H47ClN6O4. The van der Waals surface area contributed by atoms with Crippen molar-refractivity contribution in [2.24, 2.45) is 11.3 Å². The van der Waals surface area contributed by atoms with Crippen molar-refractivity contribution in [3.63, 3.8) is 0 Å². The summed E-state index contributed by atoms with van der Waals surface area (Å²) in [5.41, 5.74) is 4.45. The summed E-state index contributed by atoms with van der Waals surface area (Å²) in [5, 5.41) is 9.14. The predicted molar refractivity (Wildman–Crippen MR) is 178 cm³/mol. The standard InChI is InChI=1S/C35H47ClN6O4/c1-40(2)22-18-37-30(24-25-12-14-27(36)15-13-25)31(43)39-41-20-16-35(17-21-41,26-8-4-3-5-9-26)34(46)38-19-23-42-32(44)28-10-6-7-11-29(28)33(42)45/h6-7,10-15,26,30,37H,3-5,8-9,16-24H2,1-2H3,(H,38,46)(H,39,43). The molecule has 1 saturated heterocycles. The van der Waals surface area contributed by atoms with Crippen LogP contribution in [0, 0.1) is 11.3 Å². The predicted octanol–water partition coefficient (Wildman–Crippen LogP) is 3.51. The maximum Gasteiger partial charge on any atom is 0.261 e. The van der Waals surface area contributed by atoms with E-state index in [2.05, 4.69) is 21.0 Å². The van der Waals surface area contributed by atoms with Crippen LogP contribution in [0.1, 0.15) is 71.2 Å². The molecule has 2 fully saturated rings. The number of hydrogen-bond donors (Lipinski definition) is 3. The molecule has 5 rings (SSSR count). The number of hydrogen-bond acceptors (Lipinski definition) is 7. The summed E-state index contributed by atoms with van der Waals surface area (Å²) in [6.45, 7) is 2.96. The van der Waals surface area contributed by atoms with E-state index < -0.39 is 11.5 Å². The number of fused-ring (bicyclic) bond motifs is 1. The van der Waals surface area contributed by atoms with Gasteiger partial charge in [0.2, 0.25) is 5.91 Å². The fraction of sp³-hybridized carbons (Fsp3) is 0.543. The number of rotatable bonds is 13. The lowest BCUT2D eigenvalue weighted by molar-refractivity contribution is -0.141. The molecule has 2 aromatic carbocycles. The third-order valence-electron chi connectivity index (χ3n) is 9.88. The molecule has 3 aliphatic rings. The van der Waals surface area contributed by atoms with Crippen LogP contribution < -0.4 is 16.1 Å². The lowest BCUT2D eigenvalue weighted by Gasteiger charge is -2.46. The number of nitrogens with one attached hydrogen (secondary N) is 3. The molecule has 1 atom stereocenters. The van der Waals surface area contributed by atoms with Gasteiger partial charge in [-0.05, 0) is 81.9 Å². The largest absolute Gasteiger partial charge is 0.354 e. The molecule has 1 saturated carbocycles. The van der Waals surface area contributed by atoms with Gasteiger partial charge >= 0.3 is 0 Å². The number of nitrogens with zero attached hydrogens (tertiary/aromatic N) is 3. The molecule has 2 heterocycles. The van der Waals surface area contributed by atoms with Gasteiger partial charge in [0.25, 0.3) is 17.7 Å². The van der Waals surface area contributed by atoms with Gasteiger partial charge in [-0.25, -0.2) is 5.01 Å². The first-order valence-electron chi connectivity index (χ1n) is 16.6.